The molecule has 0 saturated carbocycles. The maximum Gasteiger partial charge on any atom is 0.289 e. The number of para-hydroxylation sites is 1. The minimum absolute atomic E-state index is 0.140. The molecule has 2 aliphatic heterocycles. The molecule has 1 aromatic carbocycles. The van der Waals surface area contributed by atoms with E-state index in [0.29, 0.717) is 10.9 Å². The summed E-state index contributed by atoms with van der Waals surface area (Å²) >= 11 is 0. The molecule has 1 N–H and O–H groups in total. The first-order valence-electron chi connectivity index (χ1n) is 7.03. The van der Waals surface area contributed by atoms with E-state index in [9.17, 15) is 9.59 Å². The van der Waals surface area contributed by atoms with E-state index in [1.165, 1.54) is 0 Å². The third-order valence-corrected chi connectivity index (χ3v) is 4.37. The zero-order valence-corrected chi connectivity index (χ0v) is 11.8. The van der Waals surface area contributed by atoms with Crippen LogP contribution in [0.2, 0.25) is 0 Å². The van der Waals surface area contributed by atoms with Crippen LogP contribution in [0.3, 0.4) is 0 Å². The third-order valence-electron chi connectivity index (χ3n) is 4.37. The largest absolute Gasteiger partial charge is 0.335 e. The number of carbonyl (C=O) groups excluding carboxylic acids is 1. The number of hydrogen-bond donors (Lipinski definition) is 1. The summed E-state index contributed by atoms with van der Waals surface area (Å²) in [6, 6.07) is 7.05. The molecule has 0 atom stereocenters. The molecular formula is C15H16N4O2. The topological polar surface area (TPSA) is 69.3 Å². The van der Waals surface area contributed by atoms with Gasteiger partial charge in [0.2, 0.25) is 0 Å². The van der Waals surface area contributed by atoms with E-state index >= 15 is 0 Å². The standard InChI is InChI=1S/C15H16N4O2/c1-18-6-15(7-18)8-19(9-15)14(21)12-16-11-5-3-2-4-10(11)13(20)17-12/h2-5H,6-9H2,1H3,(H,16,17,20). The quantitative estimate of drug-likeness (QED) is 0.818. The van der Waals surface area contributed by atoms with Crippen LogP contribution >= 0.6 is 0 Å². The van der Waals surface area contributed by atoms with Crippen molar-refractivity contribution in [3.63, 3.8) is 0 Å². The van der Waals surface area contributed by atoms with E-state index in [-0.39, 0.29) is 22.7 Å². The van der Waals surface area contributed by atoms with E-state index in [2.05, 4.69) is 21.9 Å². The second-order valence-electron chi connectivity index (χ2n) is 6.27. The maximum atomic E-state index is 12.4. The average molecular weight is 284 g/mol. The highest BCUT2D eigenvalue weighted by Gasteiger charge is 2.52. The molecule has 1 aromatic heterocycles. The smallest absolute Gasteiger partial charge is 0.289 e. The molecule has 2 aliphatic rings. The van der Waals surface area contributed by atoms with Crippen LogP contribution in [-0.2, 0) is 0 Å². The van der Waals surface area contributed by atoms with Crippen molar-refractivity contribution in [2.75, 3.05) is 33.2 Å². The van der Waals surface area contributed by atoms with Crippen molar-refractivity contribution in [1.29, 1.82) is 0 Å². The molecule has 0 unspecified atom stereocenters. The number of rotatable bonds is 1. The molecule has 1 spiro atoms. The Morgan fingerprint density at radius 3 is 2.67 bits per heavy atom. The Morgan fingerprint density at radius 2 is 1.95 bits per heavy atom. The van der Waals surface area contributed by atoms with Gasteiger partial charge in [0.15, 0.2) is 5.82 Å². The zero-order valence-electron chi connectivity index (χ0n) is 11.8. The molecule has 6 nitrogen and oxygen atoms in total. The van der Waals surface area contributed by atoms with Gasteiger partial charge in [-0.25, -0.2) is 4.98 Å². The molecule has 2 fully saturated rings. The van der Waals surface area contributed by atoms with E-state index < -0.39 is 0 Å². The number of aromatic nitrogens is 2. The van der Waals surface area contributed by atoms with Gasteiger partial charge in [0.1, 0.15) is 0 Å². The van der Waals surface area contributed by atoms with Gasteiger partial charge in [-0.15, -0.1) is 0 Å². The van der Waals surface area contributed by atoms with Crippen molar-refractivity contribution in [3.05, 3.63) is 40.4 Å². The summed E-state index contributed by atoms with van der Waals surface area (Å²) < 4.78 is 0. The van der Waals surface area contributed by atoms with Crippen LogP contribution < -0.4 is 5.56 Å². The van der Waals surface area contributed by atoms with Crippen LogP contribution in [0.1, 0.15) is 10.6 Å². The van der Waals surface area contributed by atoms with Gasteiger partial charge in [0, 0.05) is 31.6 Å². The molecule has 0 bridgehead atoms. The van der Waals surface area contributed by atoms with Crippen molar-refractivity contribution < 1.29 is 4.79 Å². The van der Waals surface area contributed by atoms with E-state index in [1.807, 2.05) is 6.07 Å². The van der Waals surface area contributed by atoms with E-state index in [1.54, 1.807) is 23.1 Å². The van der Waals surface area contributed by atoms with Crippen molar-refractivity contribution in [1.82, 2.24) is 19.8 Å². The molecule has 6 heteroatoms. The highest BCUT2D eigenvalue weighted by atomic mass is 16.2. The third kappa shape index (κ3) is 1.86. The van der Waals surface area contributed by atoms with Crippen LogP contribution in [0.4, 0.5) is 0 Å². The first kappa shape index (κ1) is 12.5. The Bertz CT molecular complexity index is 784. The molecule has 1 amide bonds. The summed E-state index contributed by atoms with van der Waals surface area (Å²) in [4.78, 5) is 35.3. The number of aromatic amines is 1. The normalized spacial score (nSPS) is 20.3. The second kappa shape index (κ2) is 4.14. The summed E-state index contributed by atoms with van der Waals surface area (Å²) in [5.74, 6) is -0.0424. The molecule has 0 aliphatic carbocycles. The fourth-order valence-corrected chi connectivity index (χ4v) is 3.54. The number of benzene rings is 1. The van der Waals surface area contributed by atoms with E-state index in [0.717, 1.165) is 26.2 Å². The molecule has 2 aromatic rings. The lowest BCUT2D eigenvalue weighted by atomic mass is 9.73. The van der Waals surface area contributed by atoms with Crippen molar-refractivity contribution in [2.24, 2.45) is 5.41 Å². The van der Waals surface area contributed by atoms with Gasteiger partial charge in [-0.3, -0.25) is 9.59 Å². The summed E-state index contributed by atoms with van der Waals surface area (Å²) in [5, 5.41) is 0.509. The number of fused-ring (bicyclic) bond motifs is 1. The highest BCUT2D eigenvalue weighted by Crippen LogP contribution is 2.38. The highest BCUT2D eigenvalue weighted by molar-refractivity contribution is 5.93. The minimum Gasteiger partial charge on any atom is -0.335 e. The van der Waals surface area contributed by atoms with Gasteiger partial charge < -0.3 is 14.8 Å². The maximum absolute atomic E-state index is 12.4. The first-order valence-corrected chi connectivity index (χ1v) is 7.03. The van der Waals surface area contributed by atoms with Gasteiger partial charge in [-0.05, 0) is 19.2 Å². The van der Waals surface area contributed by atoms with Crippen molar-refractivity contribution >= 4 is 16.8 Å². The average Bonchev–Trinajstić information content (AvgIpc) is 2.40. The SMILES string of the molecule is CN1CC2(C1)CN(C(=O)c1nc3ccccc3c(=O)[nH]1)C2. The van der Waals surface area contributed by atoms with Gasteiger partial charge in [-0.2, -0.15) is 0 Å². The Hall–Kier alpha value is -2.21. The summed E-state index contributed by atoms with van der Waals surface area (Å²) in [5.41, 5.74) is 0.576. The predicted molar refractivity (Wildman–Crippen MR) is 78.2 cm³/mol. The Balaban J connectivity index is 1.59. The summed E-state index contributed by atoms with van der Waals surface area (Å²) in [7, 11) is 2.08. The molecule has 2 saturated heterocycles. The number of carbonyl (C=O) groups is 1. The van der Waals surface area contributed by atoms with Crippen LogP contribution in [-0.4, -0.2) is 58.9 Å². The van der Waals surface area contributed by atoms with Crippen LogP contribution in [0.5, 0.6) is 0 Å². The van der Waals surface area contributed by atoms with Gasteiger partial charge >= 0.3 is 0 Å². The van der Waals surface area contributed by atoms with Gasteiger partial charge in [0.25, 0.3) is 11.5 Å². The summed E-state index contributed by atoms with van der Waals surface area (Å²) in [6.45, 7) is 3.59. The Labute approximate surface area is 121 Å². The molecule has 4 rings (SSSR count). The van der Waals surface area contributed by atoms with Crippen molar-refractivity contribution in [2.45, 2.75) is 0 Å². The Kier molecular flexibility index (Phi) is 2.47. The predicted octanol–water partition coefficient (Wildman–Crippen LogP) is 0.311. The monoisotopic (exact) mass is 284 g/mol. The zero-order chi connectivity index (χ0) is 14.6. The molecule has 3 heterocycles. The number of nitrogens with zero attached hydrogens (tertiary/aromatic N) is 3. The fourth-order valence-electron chi connectivity index (χ4n) is 3.54. The molecule has 0 radical (unpaired) electrons. The number of H-pyrrole nitrogens is 1. The van der Waals surface area contributed by atoms with Gasteiger partial charge in [-0.1, -0.05) is 12.1 Å². The van der Waals surface area contributed by atoms with Crippen molar-refractivity contribution in [3.8, 4) is 0 Å². The Morgan fingerprint density at radius 1 is 1.24 bits per heavy atom. The molecule has 108 valence electrons. The van der Waals surface area contributed by atoms with Crippen LogP contribution in [0, 0.1) is 5.41 Å². The number of hydrogen-bond acceptors (Lipinski definition) is 4. The lowest BCUT2D eigenvalue weighted by molar-refractivity contribution is -0.0875. The fraction of sp³-hybridized carbons (Fsp3) is 0.400. The minimum atomic E-state index is -0.262. The first-order chi connectivity index (χ1) is 10.1. The second-order valence-corrected chi connectivity index (χ2v) is 6.27. The molecule has 21 heavy (non-hydrogen) atoms. The van der Waals surface area contributed by atoms with E-state index in [4.69, 9.17) is 0 Å². The van der Waals surface area contributed by atoms with Gasteiger partial charge in [0.05, 0.1) is 10.9 Å². The molecular weight excluding hydrogens is 268 g/mol. The summed E-state index contributed by atoms with van der Waals surface area (Å²) in [6.07, 6.45) is 0. The van der Waals surface area contributed by atoms with Crippen LogP contribution in [0.25, 0.3) is 10.9 Å². The lowest BCUT2D eigenvalue weighted by Gasteiger charge is -2.59. The number of nitrogens with one attached hydrogen (secondary N) is 1. The number of amides is 1. The van der Waals surface area contributed by atoms with Crippen LogP contribution in [0.15, 0.2) is 29.1 Å². The number of likely N-dealkylation sites (tertiary alicyclic amines) is 2. The lowest BCUT2D eigenvalue weighted by Crippen LogP contribution is -2.72.